The number of ether oxygens (including phenoxy) is 1. The average molecular weight is 290 g/mol. The van der Waals surface area contributed by atoms with Crippen LogP contribution in [0.2, 0.25) is 10.0 Å². The highest BCUT2D eigenvalue weighted by Gasteiger charge is 2.17. The van der Waals surface area contributed by atoms with Gasteiger partial charge in [0.15, 0.2) is 0 Å². The maximum Gasteiger partial charge on any atom is 0.0703 e. The summed E-state index contributed by atoms with van der Waals surface area (Å²) in [6.07, 6.45) is 1.05. The molecule has 0 amide bonds. The van der Waals surface area contributed by atoms with E-state index in [2.05, 4.69) is 19.2 Å². The summed E-state index contributed by atoms with van der Waals surface area (Å²) in [5.74, 6) is 0. The second-order valence-electron chi connectivity index (χ2n) is 4.28. The van der Waals surface area contributed by atoms with E-state index in [0.29, 0.717) is 10.0 Å². The third-order valence-corrected chi connectivity index (χ3v) is 3.64. The summed E-state index contributed by atoms with van der Waals surface area (Å²) in [7, 11) is 0. The van der Waals surface area contributed by atoms with Crippen molar-refractivity contribution >= 4 is 23.2 Å². The summed E-state index contributed by atoms with van der Waals surface area (Å²) < 4.78 is 5.66. The van der Waals surface area contributed by atoms with Crippen molar-refractivity contribution in [2.24, 2.45) is 0 Å². The molecule has 2 nitrogen and oxygen atoms in total. The van der Waals surface area contributed by atoms with Gasteiger partial charge in [0, 0.05) is 12.6 Å². The van der Waals surface area contributed by atoms with Gasteiger partial charge < -0.3 is 10.1 Å². The fourth-order valence-corrected chi connectivity index (χ4v) is 2.29. The quantitative estimate of drug-likeness (QED) is 0.821. The SMILES string of the molecule is CCNC(Cc1ccc(Cl)c(Cl)c1)C(C)OCC. The molecule has 4 heteroatoms. The van der Waals surface area contributed by atoms with Crippen LogP contribution in [0.1, 0.15) is 26.3 Å². The highest BCUT2D eigenvalue weighted by molar-refractivity contribution is 6.42. The molecule has 0 aliphatic heterocycles. The summed E-state index contributed by atoms with van der Waals surface area (Å²) in [4.78, 5) is 0. The molecule has 0 heterocycles. The third-order valence-electron chi connectivity index (χ3n) is 2.90. The zero-order chi connectivity index (χ0) is 13.5. The molecule has 1 aromatic rings. The van der Waals surface area contributed by atoms with E-state index >= 15 is 0 Å². The van der Waals surface area contributed by atoms with Crippen LogP contribution in [0, 0.1) is 0 Å². The van der Waals surface area contributed by atoms with Gasteiger partial charge in [-0.25, -0.2) is 0 Å². The molecule has 0 spiro atoms. The summed E-state index contributed by atoms with van der Waals surface area (Å²) in [6, 6.07) is 6.06. The molecule has 1 N–H and O–H groups in total. The molecule has 0 aromatic heterocycles. The summed E-state index contributed by atoms with van der Waals surface area (Å²) >= 11 is 11.9. The van der Waals surface area contributed by atoms with E-state index in [-0.39, 0.29) is 12.1 Å². The van der Waals surface area contributed by atoms with E-state index in [1.807, 2.05) is 25.1 Å². The predicted molar refractivity (Wildman–Crippen MR) is 78.7 cm³/mol. The Labute approximate surface area is 120 Å². The second kappa shape index (κ2) is 8.00. The van der Waals surface area contributed by atoms with Gasteiger partial charge in [-0.1, -0.05) is 36.2 Å². The molecule has 0 bridgehead atoms. The minimum atomic E-state index is 0.171. The number of likely N-dealkylation sites (N-methyl/N-ethyl adjacent to an activating group) is 1. The highest BCUT2D eigenvalue weighted by atomic mass is 35.5. The summed E-state index contributed by atoms with van der Waals surface area (Å²) in [5.41, 5.74) is 1.17. The first kappa shape index (κ1) is 15.8. The first-order valence-corrected chi connectivity index (χ1v) is 7.13. The number of nitrogens with one attached hydrogen (secondary N) is 1. The predicted octanol–water partition coefficient (Wildman–Crippen LogP) is 3.94. The molecule has 1 aromatic carbocycles. The van der Waals surface area contributed by atoms with Crippen molar-refractivity contribution in [2.45, 2.75) is 39.3 Å². The Hall–Kier alpha value is -0.280. The Balaban J connectivity index is 2.72. The van der Waals surface area contributed by atoms with Crippen LogP contribution in [0.5, 0.6) is 0 Å². The Morgan fingerprint density at radius 3 is 2.50 bits per heavy atom. The molecule has 1 rings (SSSR count). The number of benzene rings is 1. The van der Waals surface area contributed by atoms with Crippen LogP contribution in [-0.2, 0) is 11.2 Å². The molecule has 0 aliphatic carbocycles. The van der Waals surface area contributed by atoms with Gasteiger partial charge in [-0.3, -0.25) is 0 Å². The minimum absolute atomic E-state index is 0.171. The lowest BCUT2D eigenvalue weighted by molar-refractivity contribution is 0.0480. The van der Waals surface area contributed by atoms with Crippen LogP contribution < -0.4 is 5.32 Å². The smallest absolute Gasteiger partial charge is 0.0703 e. The largest absolute Gasteiger partial charge is 0.377 e. The molecule has 0 saturated heterocycles. The lowest BCUT2D eigenvalue weighted by Gasteiger charge is -2.25. The zero-order valence-electron chi connectivity index (χ0n) is 11.2. The van der Waals surface area contributed by atoms with E-state index in [9.17, 15) is 0 Å². The van der Waals surface area contributed by atoms with Crippen molar-refractivity contribution < 1.29 is 4.74 Å². The van der Waals surface area contributed by atoms with Crippen molar-refractivity contribution in [1.29, 1.82) is 0 Å². The van der Waals surface area contributed by atoms with Crippen LogP contribution in [-0.4, -0.2) is 25.3 Å². The molecule has 0 radical (unpaired) electrons. The highest BCUT2D eigenvalue weighted by Crippen LogP contribution is 2.23. The van der Waals surface area contributed by atoms with Crippen LogP contribution in [0.25, 0.3) is 0 Å². The van der Waals surface area contributed by atoms with Crippen molar-refractivity contribution in [3.8, 4) is 0 Å². The van der Waals surface area contributed by atoms with Gasteiger partial charge >= 0.3 is 0 Å². The topological polar surface area (TPSA) is 21.3 Å². The molecule has 2 atom stereocenters. The van der Waals surface area contributed by atoms with Gasteiger partial charge in [-0.15, -0.1) is 0 Å². The van der Waals surface area contributed by atoms with Crippen LogP contribution in [0.15, 0.2) is 18.2 Å². The molecular weight excluding hydrogens is 269 g/mol. The van der Waals surface area contributed by atoms with Crippen LogP contribution in [0.3, 0.4) is 0 Å². The van der Waals surface area contributed by atoms with Gasteiger partial charge in [0.05, 0.1) is 16.1 Å². The van der Waals surface area contributed by atoms with Gasteiger partial charge in [-0.05, 0) is 44.5 Å². The molecule has 0 aliphatic rings. The van der Waals surface area contributed by atoms with Gasteiger partial charge in [0.2, 0.25) is 0 Å². The van der Waals surface area contributed by atoms with Crippen molar-refractivity contribution in [3.63, 3.8) is 0 Å². The van der Waals surface area contributed by atoms with Crippen LogP contribution >= 0.6 is 23.2 Å². The second-order valence-corrected chi connectivity index (χ2v) is 5.09. The molecular formula is C14H21Cl2NO. The van der Waals surface area contributed by atoms with E-state index < -0.39 is 0 Å². The van der Waals surface area contributed by atoms with Gasteiger partial charge in [0.25, 0.3) is 0 Å². The molecule has 18 heavy (non-hydrogen) atoms. The first-order valence-electron chi connectivity index (χ1n) is 6.37. The Morgan fingerprint density at radius 2 is 1.94 bits per heavy atom. The van der Waals surface area contributed by atoms with E-state index in [4.69, 9.17) is 27.9 Å². The monoisotopic (exact) mass is 289 g/mol. The lowest BCUT2D eigenvalue weighted by Crippen LogP contribution is -2.41. The number of hydrogen-bond donors (Lipinski definition) is 1. The van der Waals surface area contributed by atoms with E-state index in [1.165, 1.54) is 5.56 Å². The Bertz CT molecular complexity index is 371. The molecule has 2 unspecified atom stereocenters. The zero-order valence-corrected chi connectivity index (χ0v) is 12.7. The molecule has 0 saturated carbocycles. The Morgan fingerprint density at radius 1 is 1.22 bits per heavy atom. The summed E-state index contributed by atoms with van der Waals surface area (Å²) in [6.45, 7) is 7.85. The number of rotatable bonds is 7. The first-order chi connectivity index (χ1) is 8.58. The van der Waals surface area contributed by atoms with E-state index in [1.54, 1.807) is 0 Å². The van der Waals surface area contributed by atoms with Crippen molar-refractivity contribution in [3.05, 3.63) is 33.8 Å². The number of hydrogen-bond acceptors (Lipinski definition) is 2. The normalized spacial score (nSPS) is 14.5. The van der Waals surface area contributed by atoms with Crippen molar-refractivity contribution in [2.75, 3.05) is 13.2 Å². The molecule has 102 valence electrons. The fraction of sp³-hybridized carbons (Fsp3) is 0.571. The van der Waals surface area contributed by atoms with Gasteiger partial charge in [-0.2, -0.15) is 0 Å². The third kappa shape index (κ3) is 4.77. The lowest BCUT2D eigenvalue weighted by atomic mass is 10.0. The van der Waals surface area contributed by atoms with Crippen LogP contribution in [0.4, 0.5) is 0 Å². The summed E-state index contributed by atoms with van der Waals surface area (Å²) in [5, 5.41) is 4.65. The Kier molecular flexibility index (Phi) is 7.02. The molecule has 0 fully saturated rings. The van der Waals surface area contributed by atoms with Gasteiger partial charge in [0.1, 0.15) is 0 Å². The fourth-order valence-electron chi connectivity index (χ4n) is 1.97. The average Bonchev–Trinajstić information content (AvgIpc) is 2.33. The van der Waals surface area contributed by atoms with Crippen molar-refractivity contribution in [1.82, 2.24) is 5.32 Å². The number of halogens is 2. The minimum Gasteiger partial charge on any atom is -0.377 e. The maximum absolute atomic E-state index is 6.03. The van der Waals surface area contributed by atoms with E-state index in [0.717, 1.165) is 19.6 Å². The standard InChI is InChI=1S/C14H21Cl2NO/c1-4-17-14(10(3)18-5-2)9-11-6-7-12(15)13(16)8-11/h6-8,10,14,17H,4-5,9H2,1-3H3. The maximum atomic E-state index is 6.03.